The highest BCUT2D eigenvalue weighted by atomic mass is 32.2. The van der Waals surface area contributed by atoms with Crippen LogP contribution in [0.25, 0.3) is 10.9 Å². The maximum Gasteiger partial charge on any atom is 0.246 e. The van der Waals surface area contributed by atoms with Crippen molar-refractivity contribution in [3.05, 3.63) is 96.0 Å². The Morgan fingerprint density at radius 1 is 0.611 bits per heavy atom. The fraction of sp³-hybridized carbons (Fsp3) is 0.633. The fourth-order valence-corrected chi connectivity index (χ4v) is 17.8. The zero-order chi connectivity index (χ0) is 108. The van der Waals surface area contributed by atoms with E-state index >= 15 is 24.0 Å². The van der Waals surface area contributed by atoms with Crippen molar-refractivity contribution in [1.29, 1.82) is 5.41 Å². The third-order valence-electron chi connectivity index (χ3n) is 25.0. The molecule has 12 atom stereocenters. The maximum atomic E-state index is 15.5. The monoisotopic (exact) mass is 2110 g/mol. The van der Waals surface area contributed by atoms with Gasteiger partial charge in [-0.2, -0.15) is 0 Å². The molecule has 50 nitrogen and oxygen atoms in total. The van der Waals surface area contributed by atoms with E-state index in [2.05, 4.69) is 120 Å². The third kappa shape index (κ3) is 47.7. The smallest absolute Gasteiger partial charge is 0.246 e. The number of amides is 16. The van der Waals surface area contributed by atoms with E-state index in [9.17, 15) is 76.2 Å². The molecule has 0 saturated carbocycles. The van der Waals surface area contributed by atoms with Gasteiger partial charge in [-0.05, 0) is 105 Å². The number of nitrogens with one attached hydrogen (secondary N) is 20. The quantitative estimate of drug-likeness (QED) is 0.0112. The molecule has 16 amide bonds. The van der Waals surface area contributed by atoms with Gasteiger partial charge in [0.2, 0.25) is 105 Å². The van der Waals surface area contributed by atoms with Gasteiger partial charge in [-0.15, -0.1) is 5.10 Å². The Hall–Kier alpha value is -13.5. The number of nitrogens with zero attached hydrogens (tertiary/aromatic N) is 5. The van der Waals surface area contributed by atoms with Crippen LogP contribution in [0, 0.1) is 5.41 Å². The number of nitrogens with two attached hydrogens (primary N) is 2. The van der Waals surface area contributed by atoms with Crippen molar-refractivity contribution in [3.8, 4) is 0 Å². The number of carbonyl (C=O) groups excluding carboxylic acids is 17. The van der Waals surface area contributed by atoms with Crippen LogP contribution in [-0.2, 0) is 127 Å². The molecule has 149 heavy (non-hydrogen) atoms. The number of primary amides is 1. The number of aliphatic hydroxyl groups is 2. The third-order valence-corrected chi connectivity index (χ3v) is 26.3. The average Bonchev–Trinajstić information content (AvgIpc) is 1.66. The summed E-state index contributed by atoms with van der Waals surface area (Å²) >= 11 is 0. The molecule has 51 heteroatoms. The molecule has 2 aliphatic rings. The molecule has 2 saturated heterocycles. The van der Waals surface area contributed by atoms with Crippen LogP contribution in [0.1, 0.15) is 237 Å². The van der Waals surface area contributed by atoms with Crippen molar-refractivity contribution >= 4 is 127 Å². The van der Waals surface area contributed by atoms with Crippen molar-refractivity contribution in [3.63, 3.8) is 0 Å². The predicted molar refractivity (Wildman–Crippen MR) is 545 cm³/mol. The first kappa shape index (κ1) is 122. The number of benzene rings is 2. The van der Waals surface area contributed by atoms with Gasteiger partial charge in [0.1, 0.15) is 72.8 Å². The van der Waals surface area contributed by atoms with E-state index in [4.69, 9.17) is 26.4 Å². The number of ether oxygens (including phenoxy) is 2. The maximum absolute atomic E-state index is 15.5. The number of hydrogen-bond donors (Lipinski definition) is 24. The molecule has 0 aliphatic carbocycles. The minimum Gasteiger partial charge on any atom is -0.394 e. The Balaban J connectivity index is 0.934. The van der Waals surface area contributed by atoms with Crippen LogP contribution >= 0.6 is 0 Å². The molecule has 0 spiro atoms. The van der Waals surface area contributed by atoms with Gasteiger partial charge < -0.3 is 126 Å². The van der Waals surface area contributed by atoms with Crippen LogP contribution < -0.4 is 95.9 Å². The van der Waals surface area contributed by atoms with Crippen LogP contribution in [0.15, 0.2) is 73.3 Å². The minimum absolute atomic E-state index is 0.0198. The Kier molecular flexibility index (Phi) is 55.4. The number of Topliss-reactive ketones (excluding diaryl/α,β-unsaturated/α-hetero) is 1. The molecule has 7 rings (SSSR count). The fourth-order valence-electron chi connectivity index (χ4n) is 16.8. The first-order valence-corrected chi connectivity index (χ1v) is 53.1. The summed E-state index contributed by atoms with van der Waals surface area (Å²) in [6, 6.07) is -1.67. The molecular formula is C98H153N27O23S. The van der Waals surface area contributed by atoms with Crippen molar-refractivity contribution < 1.29 is 110 Å². The van der Waals surface area contributed by atoms with E-state index in [0.29, 0.717) is 24.0 Å². The van der Waals surface area contributed by atoms with Gasteiger partial charge in [-0.3, -0.25) is 91.6 Å². The van der Waals surface area contributed by atoms with Gasteiger partial charge in [-0.1, -0.05) is 153 Å². The second-order valence-electron chi connectivity index (χ2n) is 37.6. The summed E-state index contributed by atoms with van der Waals surface area (Å²) in [4.78, 5) is 250. The number of fused-ring (bicyclic) bond motifs is 2. The molecule has 5 heterocycles. The lowest BCUT2D eigenvalue weighted by Crippen LogP contribution is -2.62. The van der Waals surface area contributed by atoms with Gasteiger partial charge in [0.15, 0.2) is 11.7 Å². The van der Waals surface area contributed by atoms with E-state index in [1.807, 2.05) is 18.2 Å². The number of aryl methyl sites for hydroxylation is 1. The highest BCUT2D eigenvalue weighted by molar-refractivity contribution is 7.90. The zero-order valence-electron chi connectivity index (χ0n) is 85.5. The first-order chi connectivity index (χ1) is 71.5. The second kappa shape index (κ2) is 67.4. The number of para-hydroxylation sites is 1. The number of imidazole rings is 1. The average molecular weight is 2110 g/mol. The van der Waals surface area contributed by atoms with Crippen LogP contribution in [0.2, 0.25) is 0 Å². The number of unbranched alkanes of at least 4 members (excludes halogenated alkanes) is 13. The highest BCUT2D eigenvalue weighted by Gasteiger charge is 2.45. The van der Waals surface area contributed by atoms with E-state index in [0.717, 1.165) is 73.0 Å². The Morgan fingerprint density at radius 3 is 1.91 bits per heavy atom. The zero-order valence-corrected chi connectivity index (χ0v) is 86.3. The molecule has 2 aliphatic heterocycles. The predicted octanol–water partition coefficient (Wildman–Crippen LogP) is -2.18. The molecule has 26 N–H and O–H groups in total. The summed E-state index contributed by atoms with van der Waals surface area (Å²) in [5.74, 6) is -14.5. The SMILES string of the molecule is CCCC[C@H](NC(=O)[C@H](CNC(C)C)NC(=O)[C@H](Cc1c[nH]cn1)NC(=O)[C@H](CCC(N)=O)NC(=O)[C@H](CO)NC(=O)CNC(=O)COCCOCCNC(=O)CCCS(=O)(=O)NC(=O)CCCCCCCCCCCCCCCc1nnn[nH]1)C(=O)N[C@H]1CCC(=O)NCCCC[C@@H](C(C)=O)NC(=O)[C@H](Cc2c[nH]c3ccccc23)NC(=O)[C@H](CCCNC(=N)N)NC(=O)[C@@H](Cc2ccccc2)NC(=O)[C@@H]2C[C@@H](O)CN2C1=O. The number of H-pyrrole nitrogens is 3. The Morgan fingerprint density at radius 2 is 1.23 bits per heavy atom. The van der Waals surface area contributed by atoms with Crippen molar-refractivity contribution in [2.45, 2.75) is 318 Å². The molecule has 0 unspecified atom stereocenters. The van der Waals surface area contributed by atoms with Gasteiger partial charge in [-0.25, -0.2) is 18.5 Å². The van der Waals surface area contributed by atoms with E-state index < -0.39 is 253 Å². The van der Waals surface area contributed by atoms with Gasteiger partial charge in [0.25, 0.3) is 0 Å². The van der Waals surface area contributed by atoms with Gasteiger partial charge >= 0.3 is 0 Å². The number of carbonyl (C=O) groups is 17. The van der Waals surface area contributed by atoms with Crippen LogP contribution in [0.5, 0.6) is 0 Å². The van der Waals surface area contributed by atoms with E-state index in [1.165, 1.54) is 51.6 Å². The number of aliphatic hydroxyl groups excluding tert-OH is 2. The van der Waals surface area contributed by atoms with Crippen molar-refractivity contribution in [2.75, 3.05) is 78.1 Å². The molecule has 824 valence electrons. The van der Waals surface area contributed by atoms with Crippen LogP contribution in [0.3, 0.4) is 0 Å². The number of hydrogen-bond acceptors (Lipinski definition) is 29. The molecule has 2 aromatic carbocycles. The Labute approximate surface area is 866 Å². The van der Waals surface area contributed by atoms with Crippen molar-refractivity contribution in [2.24, 2.45) is 11.5 Å². The van der Waals surface area contributed by atoms with E-state index in [-0.39, 0.29) is 141 Å². The summed E-state index contributed by atoms with van der Waals surface area (Å²) in [6.07, 6.45) is 15.8. The summed E-state index contributed by atoms with van der Waals surface area (Å²) in [5.41, 5.74) is 13.2. The number of ketones is 1. The summed E-state index contributed by atoms with van der Waals surface area (Å²) in [5, 5.41) is 83.9. The van der Waals surface area contributed by atoms with Crippen LogP contribution in [-0.4, -0.2) is 322 Å². The second-order valence-corrected chi connectivity index (χ2v) is 39.5. The number of guanidine groups is 1. The Bertz CT molecular complexity index is 5210. The van der Waals surface area contributed by atoms with Gasteiger partial charge in [0.05, 0.1) is 62.9 Å². The molecule has 3 aromatic heterocycles. The lowest BCUT2D eigenvalue weighted by atomic mass is 10.0. The number of aromatic nitrogens is 7. The lowest BCUT2D eigenvalue weighted by molar-refractivity contribution is -0.143. The number of tetrazole rings is 1. The first-order valence-electron chi connectivity index (χ1n) is 51.5. The lowest BCUT2D eigenvalue weighted by Gasteiger charge is -2.31. The highest BCUT2D eigenvalue weighted by Crippen LogP contribution is 2.25. The molecular weight excluding hydrogens is 1960 g/mol. The number of rotatable bonds is 63. The topological polar surface area (TPSA) is 754 Å². The van der Waals surface area contributed by atoms with Gasteiger partial charge in [0, 0.05) is 120 Å². The van der Waals surface area contributed by atoms with Crippen LogP contribution in [0.4, 0.5) is 0 Å². The van der Waals surface area contributed by atoms with E-state index in [1.54, 1.807) is 63.4 Å². The van der Waals surface area contributed by atoms with Crippen molar-refractivity contribution in [1.82, 2.24) is 125 Å². The number of sulfonamides is 1. The largest absolute Gasteiger partial charge is 0.394 e. The molecule has 5 aromatic rings. The summed E-state index contributed by atoms with van der Waals surface area (Å²) in [7, 11) is -3.95. The summed E-state index contributed by atoms with van der Waals surface area (Å²) in [6.45, 7) is 3.32. The summed E-state index contributed by atoms with van der Waals surface area (Å²) < 4.78 is 37.9. The standard InChI is InChI=1S/C98H153N27O23S/c1-5-6-32-71(88(135)115-74-40-42-84(131)103-43-26-25-33-69(63(4)127)111-92(139)76(51-65-54-107-70-34-24-23-31-68(65)70)116-89(136)72(35-27-44-105-98(100)101)112-91(138)75(50-64-29-19-18-20-30-64)118-96(143)80-53-67(128)58-125(80)97(74)144)113-94(141)78(56-106-62(2)3)119-93(140)77(52-66-55-102-61-109-66)117-90(137)73(39-41-81(99)129)114-95(142)79(59-126)110-86(133)57-108-87(134)60-148-48-47-147-46-45-104-83(130)38-28-49-149(145,146)122-85(132)37-22-17-15-13-11-9-7-8-10-12-14-16-21-36-82-120-123-124-121-82/h18-20,23-24,29-31,34,54-55,61-62,67,69,71-80,106-107,126,128H,5-17,21-22,25-28,32-33,35-53,56-60H2,1-4H3,(H2,99,129)(H,102,109)(H,103,131)(H,104,130)(H,108,134)(H,110,133)(H,111,139)(H,112,138)(H,113,141)(H,114,142)(H,115,135)(H,116,136)(H,117,137)(H,118,143)(H,119,140)(H,122,132)(H4,100,101,105)(H,120,121,123,124)/t67-,69+,71+,72+,73+,74+,75-,76+,77+,78+,79+,80+/m1/s1. The minimum atomic E-state index is -3.95. The molecule has 0 radical (unpaired) electrons. The molecule has 0 bridgehead atoms. The normalized spacial score (nSPS) is 18.3. The molecule has 2 fully saturated rings. The number of aromatic amines is 3.